The van der Waals surface area contributed by atoms with Crippen molar-refractivity contribution in [2.45, 2.75) is 19.9 Å². The van der Waals surface area contributed by atoms with Gasteiger partial charge in [-0.3, -0.25) is 0 Å². The molecule has 2 aromatic heterocycles. The maximum Gasteiger partial charge on any atom is 0.376 e. The number of esters is 1. The summed E-state index contributed by atoms with van der Waals surface area (Å²) in [5.74, 6) is 0.0483. The summed E-state index contributed by atoms with van der Waals surface area (Å²) in [6.07, 6.45) is 3.35. The number of methoxy groups -OCH3 is 1. The molecule has 0 aliphatic carbocycles. The number of hydrogen-bond acceptors (Lipinski definition) is 7. The topological polar surface area (TPSA) is 77.0 Å². The van der Waals surface area contributed by atoms with Gasteiger partial charge in [-0.1, -0.05) is 0 Å². The monoisotopic (exact) mass is 278 g/mol. The molecule has 1 atom stereocenters. The Kier molecular flexibility index (Phi) is 4.06. The lowest BCUT2D eigenvalue weighted by Crippen LogP contribution is -2.12. The molecule has 0 aliphatic rings. The van der Waals surface area contributed by atoms with E-state index in [9.17, 15) is 4.79 Å². The van der Waals surface area contributed by atoms with Crippen LogP contribution < -0.4 is 5.32 Å². The molecule has 0 saturated carbocycles. The molecule has 1 unspecified atom stereocenters. The van der Waals surface area contributed by atoms with Gasteiger partial charge >= 0.3 is 5.97 Å². The smallest absolute Gasteiger partial charge is 0.376 e. The number of nitrogens with one attached hydrogen (secondary N) is 1. The number of thiazole rings is 1. The van der Waals surface area contributed by atoms with Crippen molar-refractivity contribution >= 4 is 23.1 Å². The molecule has 0 radical (unpaired) electrons. The largest absolute Gasteiger partial charge is 0.463 e. The summed E-state index contributed by atoms with van der Waals surface area (Å²) in [5, 5.41) is 4.15. The number of carbonyl (C=O) groups excluding carboxylic acids is 1. The van der Waals surface area contributed by atoms with E-state index >= 15 is 0 Å². The predicted octanol–water partition coefficient (Wildman–Crippen LogP) is 2.20. The number of hydrogen-bond donors (Lipinski definition) is 1. The van der Waals surface area contributed by atoms with Crippen molar-refractivity contribution in [3.63, 3.8) is 0 Å². The molecular formula is C12H14N4O2S. The van der Waals surface area contributed by atoms with E-state index in [1.807, 2.05) is 20.0 Å². The maximum absolute atomic E-state index is 11.3. The van der Waals surface area contributed by atoms with Gasteiger partial charge in [0.15, 0.2) is 0 Å². The molecule has 2 rings (SSSR count). The molecule has 0 aliphatic heterocycles. The number of aromatic nitrogens is 3. The Morgan fingerprint density at radius 1 is 1.47 bits per heavy atom. The summed E-state index contributed by atoms with van der Waals surface area (Å²) in [7, 11) is 1.30. The van der Waals surface area contributed by atoms with Gasteiger partial charge in [0.05, 0.1) is 13.2 Å². The van der Waals surface area contributed by atoms with E-state index in [2.05, 4.69) is 25.0 Å². The van der Waals surface area contributed by atoms with Crippen LogP contribution in [0.4, 0.5) is 5.82 Å². The summed E-state index contributed by atoms with van der Waals surface area (Å²) in [4.78, 5) is 24.8. The fourth-order valence-corrected chi connectivity index (χ4v) is 2.26. The standard InChI is InChI=1S/C12H14N4O2S/c1-7-6-14-11(19-7)8(2)15-9-4-5-13-10(16-9)12(17)18-3/h4-6,8H,1-3H3,(H,13,15,16). The van der Waals surface area contributed by atoms with Crippen LogP contribution in [0.5, 0.6) is 0 Å². The molecule has 7 heteroatoms. The number of nitrogens with zero attached hydrogens (tertiary/aromatic N) is 3. The van der Waals surface area contributed by atoms with Gasteiger partial charge in [0.1, 0.15) is 10.8 Å². The van der Waals surface area contributed by atoms with Crippen LogP contribution in [0, 0.1) is 6.92 Å². The van der Waals surface area contributed by atoms with E-state index in [0.29, 0.717) is 5.82 Å². The first-order valence-corrected chi connectivity index (χ1v) is 6.52. The van der Waals surface area contributed by atoms with Gasteiger partial charge in [-0.2, -0.15) is 0 Å². The van der Waals surface area contributed by atoms with Gasteiger partial charge in [-0.05, 0) is 19.9 Å². The van der Waals surface area contributed by atoms with Crippen molar-refractivity contribution in [1.29, 1.82) is 0 Å². The Morgan fingerprint density at radius 2 is 2.26 bits per heavy atom. The van der Waals surface area contributed by atoms with Crippen LogP contribution >= 0.6 is 11.3 Å². The maximum atomic E-state index is 11.3. The average Bonchev–Trinajstić information content (AvgIpc) is 2.85. The molecule has 0 spiro atoms. The highest BCUT2D eigenvalue weighted by atomic mass is 32.1. The SMILES string of the molecule is COC(=O)c1nccc(NC(C)c2ncc(C)s2)n1. The second kappa shape index (κ2) is 5.75. The zero-order valence-electron chi connectivity index (χ0n) is 10.9. The first-order valence-electron chi connectivity index (χ1n) is 5.70. The highest BCUT2D eigenvalue weighted by Gasteiger charge is 2.13. The minimum absolute atomic E-state index is 0.0131. The van der Waals surface area contributed by atoms with Crippen LogP contribution in [0.1, 0.15) is 33.5 Å². The summed E-state index contributed by atoms with van der Waals surface area (Å²) < 4.78 is 4.58. The van der Waals surface area contributed by atoms with Crippen LogP contribution in [0.2, 0.25) is 0 Å². The molecule has 0 bridgehead atoms. The predicted molar refractivity (Wildman–Crippen MR) is 72.3 cm³/mol. The van der Waals surface area contributed by atoms with Gasteiger partial charge in [0.2, 0.25) is 5.82 Å². The molecule has 0 amide bonds. The third-order valence-corrected chi connectivity index (χ3v) is 3.49. The Balaban J connectivity index is 2.12. The summed E-state index contributed by atoms with van der Waals surface area (Å²) >= 11 is 1.62. The molecule has 19 heavy (non-hydrogen) atoms. The van der Waals surface area contributed by atoms with E-state index in [1.165, 1.54) is 13.3 Å². The van der Waals surface area contributed by atoms with Crippen LogP contribution in [0.3, 0.4) is 0 Å². The minimum Gasteiger partial charge on any atom is -0.463 e. The number of rotatable bonds is 4. The van der Waals surface area contributed by atoms with Crippen molar-refractivity contribution in [3.05, 3.63) is 34.2 Å². The summed E-state index contributed by atoms with van der Waals surface area (Å²) in [5.41, 5.74) is 0. The van der Waals surface area contributed by atoms with E-state index in [4.69, 9.17) is 0 Å². The fraction of sp³-hybridized carbons (Fsp3) is 0.333. The average molecular weight is 278 g/mol. The molecule has 6 nitrogen and oxygen atoms in total. The van der Waals surface area contributed by atoms with Gasteiger partial charge in [0.25, 0.3) is 0 Å². The summed E-state index contributed by atoms with van der Waals surface area (Å²) in [6.45, 7) is 3.99. The lowest BCUT2D eigenvalue weighted by atomic mass is 10.3. The fourth-order valence-electron chi connectivity index (χ4n) is 1.48. The third kappa shape index (κ3) is 3.25. The summed E-state index contributed by atoms with van der Waals surface area (Å²) in [6, 6.07) is 1.71. The molecule has 1 N–H and O–H groups in total. The number of aryl methyl sites for hydroxylation is 1. The van der Waals surface area contributed by atoms with E-state index in [-0.39, 0.29) is 11.9 Å². The van der Waals surface area contributed by atoms with Crippen molar-refractivity contribution in [1.82, 2.24) is 15.0 Å². The quantitative estimate of drug-likeness (QED) is 0.864. The lowest BCUT2D eigenvalue weighted by Gasteiger charge is -2.11. The second-order valence-corrected chi connectivity index (χ2v) is 5.20. The van der Waals surface area contributed by atoms with Crippen LogP contribution in [-0.4, -0.2) is 28.0 Å². The zero-order valence-corrected chi connectivity index (χ0v) is 11.7. The molecule has 2 heterocycles. The highest BCUT2D eigenvalue weighted by molar-refractivity contribution is 7.11. The lowest BCUT2D eigenvalue weighted by molar-refractivity contribution is 0.0587. The van der Waals surface area contributed by atoms with E-state index < -0.39 is 5.97 Å². The van der Waals surface area contributed by atoms with Crippen LogP contribution in [0.25, 0.3) is 0 Å². The first-order chi connectivity index (χ1) is 9.10. The molecule has 0 saturated heterocycles. The van der Waals surface area contributed by atoms with Crippen molar-refractivity contribution in [2.75, 3.05) is 12.4 Å². The number of ether oxygens (including phenoxy) is 1. The van der Waals surface area contributed by atoms with Crippen molar-refractivity contribution < 1.29 is 9.53 Å². The number of anilines is 1. The van der Waals surface area contributed by atoms with Gasteiger partial charge in [-0.15, -0.1) is 11.3 Å². The highest BCUT2D eigenvalue weighted by Crippen LogP contribution is 2.22. The minimum atomic E-state index is -0.554. The Hall–Kier alpha value is -2.02. The zero-order chi connectivity index (χ0) is 13.8. The van der Waals surface area contributed by atoms with Crippen molar-refractivity contribution in [2.24, 2.45) is 0 Å². The second-order valence-electron chi connectivity index (χ2n) is 3.93. The normalized spacial score (nSPS) is 11.9. The van der Waals surface area contributed by atoms with E-state index in [1.54, 1.807) is 17.4 Å². The Labute approximate surface area is 114 Å². The Bertz CT molecular complexity index is 585. The molecule has 2 aromatic rings. The van der Waals surface area contributed by atoms with Gasteiger partial charge in [-0.25, -0.2) is 19.7 Å². The number of carbonyl (C=O) groups is 1. The molecular weight excluding hydrogens is 264 g/mol. The van der Waals surface area contributed by atoms with Gasteiger partial charge in [0, 0.05) is 17.3 Å². The van der Waals surface area contributed by atoms with Crippen LogP contribution in [0.15, 0.2) is 18.5 Å². The molecule has 100 valence electrons. The molecule has 0 aromatic carbocycles. The molecule has 0 fully saturated rings. The first kappa shape index (κ1) is 13.4. The van der Waals surface area contributed by atoms with Crippen molar-refractivity contribution in [3.8, 4) is 0 Å². The van der Waals surface area contributed by atoms with Gasteiger partial charge < -0.3 is 10.1 Å². The van der Waals surface area contributed by atoms with Crippen LogP contribution in [-0.2, 0) is 4.74 Å². The Morgan fingerprint density at radius 3 is 2.89 bits per heavy atom. The van der Waals surface area contributed by atoms with E-state index in [0.717, 1.165) is 9.88 Å². The third-order valence-electron chi connectivity index (χ3n) is 2.40.